The maximum Gasteiger partial charge on any atom is 0.182 e. The standard InChI is InChI=1S/C16H13BrN2S/c17-12-5-7-14-15(9-12)19(16(20)18-14)13-6-4-10-2-1-3-11(10)8-13/h4-9H,1-3H2,(H,18,20). The summed E-state index contributed by atoms with van der Waals surface area (Å²) in [6, 6.07) is 12.9. The van der Waals surface area contributed by atoms with Gasteiger partial charge in [-0.05, 0) is 72.9 Å². The predicted octanol–water partition coefficient (Wildman–Crippen LogP) is 4.94. The fourth-order valence-corrected chi connectivity index (χ4v) is 3.69. The van der Waals surface area contributed by atoms with Crippen LogP contribution in [-0.2, 0) is 12.8 Å². The molecular weight excluding hydrogens is 332 g/mol. The molecule has 2 nitrogen and oxygen atoms in total. The summed E-state index contributed by atoms with van der Waals surface area (Å²) in [6.07, 6.45) is 3.66. The number of imidazole rings is 1. The first-order chi connectivity index (χ1) is 9.72. The van der Waals surface area contributed by atoms with E-state index in [-0.39, 0.29) is 0 Å². The molecule has 0 saturated heterocycles. The van der Waals surface area contributed by atoms with Gasteiger partial charge in [-0.3, -0.25) is 4.57 Å². The van der Waals surface area contributed by atoms with E-state index in [1.54, 1.807) is 0 Å². The zero-order chi connectivity index (χ0) is 13.7. The number of aromatic amines is 1. The molecule has 1 N–H and O–H groups in total. The van der Waals surface area contributed by atoms with Crippen LogP contribution in [0.25, 0.3) is 16.7 Å². The average molecular weight is 345 g/mol. The summed E-state index contributed by atoms with van der Waals surface area (Å²) in [7, 11) is 0. The summed E-state index contributed by atoms with van der Waals surface area (Å²) in [5.74, 6) is 0. The van der Waals surface area contributed by atoms with Crippen LogP contribution in [-0.4, -0.2) is 9.55 Å². The summed E-state index contributed by atoms with van der Waals surface area (Å²) in [5.41, 5.74) is 6.29. The normalized spacial score (nSPS) is 13.8. The van der Waals surface area contributed by atoms with Crippen molar-refractivity contribution in [2.24, 2.45) is 0 Å². The van der Waals surface area contributed by atoms with Crippen molar-refractivity contribution in [3.63, 3.8) is 0 Å². The highest BCUT2D eigenvalue weighted by atomic mass is 79.9. The maximum atomic E-state index is 5.50. The number of benzene rings is 2. The molecule has 0 unspecified atom stereocenters. The minimum atomic E-state index is 0.746. The van der Waals surface area contributed by atoms with Gasteiger partial charge in [0.05, 0.1) is 11.0 Å². The van der Waals surface area contributed by atoms with Crippen LogP contribution in [0.5, 0.6) is 0 Å². The number of nitrogens with zero attached hydrogens (tertiary/aromatic N) is 1. The molecule has 1 heterocycles. The predicted molar refractivity (Wildman–Crippen MR) is 88.2 cm³/mol. The summed E-state index contributed by atoms with van der Waals surface area (Å²) in [5, 5.41) is 0. The lowest BCUT2D eigenvalue weighted by Gasteiger charge is -2.07. The molecule has 2 aromatic carbocycles. The molecule has 20 heavy (non-hydrogen) atoms. The zero-order valence-corrected chi connectivity index (χ0v) is 13.2. The molecule has 0 saturated carbocycles. The number of halogens is 1. The third-order valence-corrected chi connectivity index (χ3v) is 4.76. The van der Waals surface area contributed by atoms with Crippen LogP contribution < -0.4 is 0 Å². The van der Waals surface area contributed by atoms with Crippen molar-refractivity contribution in [1.29, 1.82) is 0 Å². The van der Waals surface area contributed by atoms with Gasteiger partial charge in [-0.15, -0.1) is 0 Å². The van der Waals surface area contributed by atoms with E-state index in [4.69, 9.17) is 12.2 Å². The van der Waals surface area contributed by atoms with Crippen LogP contribution >= 0.6 is 28.1 Å². The first-order valence-corrected chi connectivity index (χ1v) is 7.95. The number of H-pyrrole nitrogens is 1. The van der Waals surface area contributed by atoms with Gasteiger partial charge in [0.15, 0.2) is 4.77 Å². The molecule has 1 aromatic heterocycles. The Morgan fingerprint density at radius 3 is 2.80 bits per heavy atom. The van der Waals surface area contributed by atoms with Crippen LogP contribution in [0.2, 0.25) is 0 Å². The topological polar surface area (TPSA) is 20.7 Å². The van der Waals surface area contributed by atoms with Crippen molar-refractivity contribution >= 4 is 39.2 Å². The monoisotopic (exact) mass is 344 g/mol. The number of rotatable bonds is 1. The number of nitrogens with one attached hydrogen (secondary N) is 1. The van der Waals surface area contributed by atoms with Crippen molar-refractivity contribution in [2.45, 2.75) is 19.3 Å². The van der Waals surface area contributed by atoms with Gasteiger partial charge < -0.3 is 4.98 Å². The molecule has 0 radical (unpaired) electrons. The molecule has 4 rings (SSSR count). The van der Waals surface area contributed by atoms with Crippen molar-refractivity contribution in [2.75, 3.05) is 0 Å². The summed E-state index contributed by atoms with van der Waals surface area (Å²) in [6.45, 7) is 0. The van der Waals surface area contributed by atoms with Crippen LogP contribution in [0.3, 0.4) is 0 Å². The number of hydrogen-bond donors (Lipinski definition) is 1. The Bertz CT molecular complexity index is 876. The zero-order valence-electron chi connectivity index (χ0n) is 10.8. The summed E-state index contributed by atoms with van der Waals surface area (Å²) < 4.78 is 3.93. The minimum Gasteiger partial charge on any atom is -0.330 e. The Balaban J connectivity index is 2.00. The molecule has 0 atom stereocenters. The Labute approximate surface area is 130 Å². The third kappa shape index (κ3) is 1.86. The van der Waals surface area contributed by atoms with Gasteiger partial charge in [0.25, 0.3) is 0 Å². The van der Waals surface area contributed by atoms with Gasteiger partial charge >= 0.3 is 0 Å². The lowest BCUT2D eigenvalue weighted by atomic mass is 10.1. The summed E-state index contributed by atoms with van der Waals surface area (Å²) >= 11 is 9.04. The number of fused-ring (bicyclic) bond motifs is 2. The molecule has 1 aliphatic rings. The van der Waals surface area contributed by atoms with E-state index in [0.717, 1.165) is 26.0 Å². The van der Waals surface area contributed by atoms with Crippen molar-refractivity contribution in [3.8, 4) is 5.69 Å². The van der Waals surface area contributed by atoms with E-state index >= 15 is 0 Å². The Morgan fingerprint density at radius 1 is 1.05 bits per heavy atom. The summed E-state index contributed by atoms with van der Waals surface area (Å²) in [4.78, 5) is 3.28. The quantitative estimate of drug-likeness (QED) is 0.620. The molecular formula is C16H13BrN2S. The van der Waals surface area contributed by atoms with E-state index in [2.05, 4.69) is 55.8 Å². The van der Waals surface area contributed by atoms with Gasteiger partial charge in [0.2, 0.25) is 0 Å². The first kappa shape index (κ1) is 12.4. The third-order valence-electron chi connectivity index (χ3n) is 3.99. The highest BCUT2D eigenvalue weighted by Crippen LogP contribution is 2.27. The second-order valence-electron chi connectivity index (χ2n) is 5.23. The Kier molecular flexibility index (Phi) is 2.82. The van der Waals surface area contributed by atoms with Crippen molar-refractivity contribution in [3.05, 3.63) is 56.8 Å². The molecule has 0 aliphatic heterocycles. The lowest BCUT2D eigenvalue weighted by Crippen LogP contribution is -1.95. The van der Waals surface area contributed by atoms with Gasteiger partial charge in [-0.1, -0.05) is 22.0 Å². The fraction of sp³-hybridized carbons (Fsp3) is 0.188. The second kappa shape index (κ2) is 4.57. The molecule has 100 valence electrons. The maximum absolute atomic E-state index is 5.50. The smallest absolute Gasteiger partial charge is 0.182 e. The van der Waals surface area contributed by atoms with E-state index in [0.29, 0.717) is 0 Å². The van der Waals surface area contributed by atoms with Gasteiger partial charge in [-0.25, -0.2) is 0 Å². The molecule has 3 aromatic rings. The lowest BCUT2D eigenvalue weighted by molar-refractivity contribution is 0.911. The number of aryl methyl sites for hydroxylation is 2. The van der Waals surface area contributed by atoms with E-state index in [1.165, 1.54) is 30.4 Å². The van der Waals surface area contributed by atoms with Crippen LogP contribution in [0.1, 0.15) is 17.5 Å². The molecule has 0 fully saturated rings. The average Bonchev–Trinajstić information content (AvgIpc) is 3.00. The van der Waals surface area contributed by atoms with Gasteiger partial charge in [0, 0.05) is 10.2 Å². The SMILES string of the molecule is S=c1[nH]c2ccc(Br)cc2n1-c1ccc2c(c1)CCC2. The van der Waals surface area contributed by atoms with E-state index < -0.39 is 0 Å². The van der Waals surface area contributed by atoms with Crippen LogP contribution in [0.4, 0.5) is 0 Å². The number of hydrogen-bond acceptors (Lipinski definition) is 1. The van der Waals surface area contributed by atoms with E-state index in [1.807, 2.05) is 6.07 Å². The molecule has 0 bridgehead atoms. The fourth-order valence-electron chi connectivity index (χ4n) is 3.03. The Morgan fingerprint density at radius 2 is 1.90 bits per heavy atom. The van der Waals surface area contributed by atoms with Gasteiger partial charge in [-0.2, -0.15) is 0 Å². The first-order valence-electron chi connectivity index (χ1n) is 6.75. The molecule has 1 aliphatic carbocycles. The van der Waals surface area contributed by atoms with Crippen molar-refractivity contribution < 1.29 is 0 Å². The largest absolute Gasteiger partial charge is 0.330 e. The highest BCUT2D eigenvalue weighted by molar-refractivity contribution is 9.10. The number of aromatic nitrogens is 2. The Hall–Kier alpha value is -1.39. The minimum absolute atomic E-state index is 0.746. The van der Waals surface area contributed by atoms with Gasteiger partial charge in [0.1, 0.15) is 0 Å². The second-order valence-corrected chi connectivity index (χ2v) is 6.54. The van der Waals surface area contributed by atoms with Crippen LogP contribution in [0, 0.1) is 4.77 Å². The van der Waals surface area contributed by atoms with Crippen LogP contribution in [0.15, 0.2) is 40.9 Å². The van der Waals surface area contributed by atoms with E-state index in [9.17, 15) is 0 Å². The molecule has 0 amide bonds. The van der Waals surface area contributed by atoms with Crippen molar-refractivity contribution in [1.82, 2.24) is 9.55 Å². The molecule has 4 heteroatoms. The molecule has 0 spiro atoms. The highest BCUT2D eigenvalue weighted by Gasteiger charge is 2.13.